The first-order valence-electron chi connectivity index (χ1n) is 8.38. The Morgan fingerprint density at radius 1 is 1.31 bits per heavy atom. The number of pyridine rings is 1. The van der Waals surface area contributed by atoms with Crippen molar-refractivity contribution in [3.05, 3.63) is 22.8 Å². The minimum Gasteiger partial charge on any atom is -0.353 e. The van der Waals surface area contributed by atoms with Gasteiger partial charge in [-0.2, -0.15) is 13.2 Å². The number of amides is 1. The van der Waals surface area contributed by atoms with E-state index < -0.39 is 11.7 Å². The summed E-state index contributed by atoms with van der Waals surface area (Å²) >= 11 is 7.06. The number of thioether (sulfide) groups is 1. The predicted molar refractivity (Wildman–Crippen MR) is 93.4 cm³/mol. The second-order valence-electron chi connectivity index (χ2n) is 6.25. The SMILES string of the molecule is O=C(CCSc1nnc2c(Cl)cc(C(F)(F)F)cn12)NC1CCCCC1. The molecule has 3 rings (SSSR count). The summed E-state index contributed by atoms with van der Waals surface area (Å²) in [6, 6.07) is 1.07. The monoisotopic (exact) mass is 406 g/mol. The van der Waals surface area contributed by atoms with Gasteiger partial charge < -0.3 is 5.32 Å². The minimum absolute atomic E-state index is 0.0489. The van der Waals surface area contributed by atoms with Gasteiger partial charge in [-0.25, -0.2) is 0 Å². The Bertz CT molecular complexity index is 790. The van der Waals surface area contributed by atoms with Crippen molar-refractivity contribution in [1.29, 1.82) is 0 Å². The Kier molecular flexibility index (Phi) is 5.96. The molecule has 1 fully saturated rings. The number of hydrogen-bond acceptors (Lipinski definition) is 4. The van der Waals surface area contributed by atoms with Gasteiger partial charge in [0.25, 0.3) is 0 Å². The highest BCUT2D eigenvalue weighted by Crippen LogP contribution is 2.33. The number of alkyl halides is 3. The van der Waals surface area contributed by atoms with Crippen LogP contribution >= 0.6 is 23.4 Å². The maximum atomic E-state index is 12.9. The molecular weight excluding hydrogens is 389 g/mol. The fourth-order valence-electron chi connectivity index (χ4n) is 2.97. The van der Waals surface area contributed by atoms with Crippen LogP contribution in [-0.2, 0) is 11.0 Å². The Labute approximate surface area is 157 Å². The molecule has 0 bridgehead atoms. The second kappa shape index (κ2) is 8.04. The maximum absolute atomic E-state index is 12.9. The minimum atomic E-state index is -4.51. The summed E-state index contributed by atoms with van der Waals surface area (Å²) in [6.07, 6.45) is 2.17. The Morgan fingerprint density at radius 3 is 2.73 bits per heavy atom. The number of halogens is 4. The fraction of sp³-hybridized carbons (Fsp3) is 0.562. The van der Waals surface area contributed by atoms with Crippen molar-refractivity contribution in [2.45, 2.75) is 55.9 Å². The molecule has 1 aliphatic rings. The molecule has 0 spiro atoms. The molecule has 0 unspecified atom stereocenters. The van der Waals surface area contributed by atoms with Crippen molar-refractivity contribution in [3.8, 4) is 0 Å². The van der Waals surface area contributed by atoms with Crippen molar-refractivity contribution >= 4 is 34.9 Å². The van der Waals surface area contributed by atoms with Crippen LogP contribution < -0.4 is 5.32 Å². The van der Waals surface area contributed by atoms with E-state index in [0.29, 0.717) is 5.75 Å². The largest absolute Gasteiger partial charge is 0.417 e. The molecule has 0 atom stereocenters. The first-order chi connectivity index (χ1) is 12.3. The fourth-order valence-corrected chi connectivity index (χ4v) is 4.06. The quantitative estimate of drug-likeness (QED) is 0.751. The van der Waals surface area contributed by atoms with Gasteiger partial charge in [-0.1, -0.05) is 42.6 Å². The first kappa shape index (κ1) is 19.3. The predicted octanol–water partition coefficient (Wildman–Crippen LogP) is 4.33. The van der Waals surface area contributed by atoms with Gasteiger partial charge in [-0.05, 0) is 18.9 Å². The summed E-state index contributed by atoms with van der Waals surface area (Å²) in [5.74, 6) is 0.347. The maximum Gasteiger partial charge on any atom is 0.417 e. The number of rotatable bonds is 5. The van der Waals surface area contributed by atoms with Crippen LogP contribution in [0.3, 0.4) is 0 Å². The molecule has 2 heterocycles. The molecule has 0 saturated heterocycles. The van der Waals surface area contributed by atoms with E-state index in [-0.39, 0.29) is 34.2 Å². The molecular formula is C16H18ClF3N4OS. The van der Waals surface area contributed by atoms with Gasteiger partial charge in [0.2, 0.25) is 5.91 Å². The molecule has 1 aliphatic carbocycles. The summed E-state index contributed by atoms with van der Waals surface area (Å²) in [5.41, 5.74) is -0.708. The van der Waals surface area contributed by atoms with Gasteiger partial charge in [-0.3, -0.25) is 9.20 Å². The van der Waals surface area contributed by atoms with Crippen molar-refractivity contribution in [2.75, 3.05) is 5.75 Å². The zero-order valence-electron chi connectivity index (χ0n) is 13.9. The third-order valence-corrected chi connectivity index (χ3v) is 5.51. The molecule has 0 aromatic carbocycles. The highest BCUT2D eigenvalue weighted by Gasteiger charge is 2.32. The number of aromatic nitrogens is 3. The topological polar surface area (TPSA) is 59.3 Å². The van der Waals surface area contributed by atoms with Crippen LogP contribution in [-0.4, -0.2) is 32.3 Å². The number of fused-ring (bicyclic) bond motifs is 1. The number of nitrogens with one attached hydrogen (secondary N) is 1. The molecule has 0 aliphatic heterocycles. The van der Waals surface area contributed by atoms with E-state index in [4.69, 9.17) is 11.6 Å². The third-order valence-electron chi connectivity index (χ3n) is 4.29. The molecule has 0 radical (unpaired) electrons. The van der Waals surface area contributed by atoms with Crippen molar-refractivity contribution in [2.24, 2.45) is 0 Å². The number of hydrogen-bond donors (Lipinski definition) is 1. The lowest BCUT2D eigenvalue weighted by atomic mass is 9.95. The van der Waals surface area contributed by atoms with Crippen molar-refractivity contribution in [1.82, 2.24) is 19.9 Å². The molecule has 1 N–H and O–H groups in total. The van der Waals surface area contributed by atoms with Crippen LogP contribution in [0.5, 0.6) is 0 Å². The zero-order valence-corrected chi connectivity index (χ0v) is 15.4. The van der Waals surface area contributed by atoms with Gasteiger partial charge in [-0.15, -0.1) is 10.2 Å². The van der Waals surface area contributed by atoms with Crippen LogP contribution in [0.4, 0.5) is 13.2 Å². The molecule has 1 amide bonds. The standard InChI is InChI=1S/C16H18ClF3N4OS/c17-12-8-10(16(18,19)20)9-24-14(12)22-23-15(24)26-7-6-13(25)21-11-4-2-1-3-5-11/h8-9,11H,1-7H2,(H,21,25). The number of carbonyl (C=O) groups is 1. The summed E-state index contributed by atoms with van der Waals surface area (Å²) in [7, 11) is 0. The molecule has 2 aromatic rings. The molecule has 5 nitrogen and oxygen atoms in total. The van der Waals surface area contributed by atoms with E-state index in [1.165, 1.54) is 22.6 Å². The van der Waals surface area contributed by atoms with E-state index in [1.807, 2.05) is 0 Å². The van der Waals surface area contributed by atoms with Gasteiger partial charge in [0.15, 0.2) is 10.8 Å². The molecule has 142 valence electrons. The molecule has 26 heavy (non-hydrogen) atoms. The molecule has 2 aromatic heterocycles. The average Bonchev–Trinajstić information content (AvgIpc) is 2.99. The Morgan fingerprint density at radius 2 is 2.04 bits per heavy atom. The van der Waals surface area contributed by atoms with Crippen LogP contribution in [0.1, 0.15) is 44.1 Å². The van der Waals surface area contributed by atoms with E-state index in [0.717, 1.165) is 37.9 Å². The van der Waals surface area contributed by atoms with Crippen LogP contribution in [0, 0.1) is 0 Å². The van der Waals surface area contributed by atoms with Crippen molar-refractivity contribution < 1.29 is 18.0 Å². The lowest BCUT2D eigenvalue weighted by Gasteiger charge is -2.22. The van der Waals surface area contributed by atoms with Gasteiger partial charge >= 0.3 is 6.18 Å². The summed E-state index contributed by atoms with van der Waals surface area (Å²) in [4.78, 5) is 12.0. The molecule has 10 heteroatoms. The summed E-state index contributed by atoms with van der Waals surface area (Å²) in [5, 5.41) is 10.9. The van der Waals surface area contributed by atoms with Gasteiger partial charge in [0, 0.05) is 24.4 Å². The number of nitrogens with zero attached hydrogens (tertiary/aromatic N) is 3. The van der Waals surface area contributed by atoms with E-state index in [1.54, 1.807) is 0 Å². The van der Waals surface area contributed by atoms with Gasteiger partial charge in [0.1, 0.15) is 0 Å². The van der Waals surface area contributed by atoms with E-state index >= 15 is 0 Å². The Hall–Kier alpha value is -1.48. The molecule has 1 saturated carbocycles. The zero-order chi connectivity index (χ0) is 18.7. The first-order valence-corrected chi connectivity index (χ1v) is 9.74. The van der Waals surface area contributed by atoms with E-state index in [9.17, 15) is 18.0 Å². The third kappa shape index (κ3) is 4.62. The lowest BCUT2D eigenvalue weighted by Crippen LogP contribution is -2.36. The summed E-state index contributed by atoms with van der Waals surface area (Å²) < 4.78 is 40.0. The van der Waals surface area contributed by atoms with Crippen molar-refractivity contribution in [3.63, 3.8) is 0 Å². The van der Waals surface area contributed by atoms with Crippen LogP contribution in [0.2, 0.25) is 5.02 Å². The highest BCUT2D eigenvalue weighted by atomic mass is 35.5. The van der Waals surface area contributed by atoms with Crippen LogP contribution in [0.25, 0.3) is 5.65 Å². The average molecular weight is 407 g/mol. The van der Waals surface area contributed by atoms with Crippen LogP contribution in [0.15, 0.2) is 17.4 Å². The number of carbonyl (C=O) groups excluding carboxylic acids is 1. The van der Waals surface area contributed by atoms with E-state index in [2.05, 4.69) is 15.5 Å². The smallest absolute Gasteiger partial charge is 0.353 e. The lowest BCUT2D eigenvalue weighted by molar-refractivity contribution is -0.137. The second-order valence-corrected chi connectivity index (χ2v) is 7.72. The van der Waals surface area contributed by atoms with Gasteiger partial charge in [0.05, 0.1) is 10.6 Å². The Balaban J connectivity index is 1.62. The normalized spacial score (nSPS) is 16.2. The highest BCUT2D eigenvalue weighted by molar-refractivity contribution is 7.99. The summed E-state index contributed by atoms with van der Waals surface area (Å²) in [6.45, 7) is 0.